The van der Waals surface area contributed by atoms with Gasteiger partial charge in [-0.15, -0.1) is 0 Å². The van der Waals surface area contributed by atoms with Gasteiger partial charge in [0.2, 0.25) is 0 Å². The van der Waals surface area contributed by atoms with Crippen LogP contribution in [0.5, 0.6) is 0 Å². The van der Waals surface area contributed by atoms with Gasteiger partial charge in [-0.05, 0) is 45.7 Å². The first-order valence-electron chi connectivity index (χ1n) is 5.53. The van der Waals surface area contributed by atoms with Gasteiger partial charge in [0, 0.05) is 20.2 Å². The Hall–Kier alpha value is -0.500. The first-order chi connectivity index (χ1) is 6.63. The van der Waals surface area contributed by atoms with Gasteiger partial charge in [0.05, 0.1) is 6.10 Å². The summed E-state index contributed by atoms with van der Waals surface area (Å²) in [7, 11) is 4.01. The molecule has 1 aliphatic carbocycles. The van der Waals surface area contributed by atoms with Crippen LogP contribution < -0.4 is 0 Å². The maximum absolute atomic E-state index is 5.37. The maximum Gasteiger partial charge on any atom is 0.0572 e. The van der Waals surface area contributed by atoms with Crippen LogP contribution in [-0.2, 0) is 4.74 Å². The highest BCUT2D eigenvalue weighted by Gasteiger charge is 2.22. The summed E-state index contributed by atoms with van der Waals surface area (Å²) < 4.78 is 5.37. The number of hydrogen-bond donors (Lipinski definition) is 0. The van der Waals surface area contributed by atoms with Gasteiger partial charge >= 0.3 is 0 Å². The Morgan fingerprint density at radius 3 is 2.21 bits per heavy atom. The second kappa shape index (κ2) is 5.40. The molecule has 82 valence electrons. The Morgan fingerprint density at radius 2 is 1.79 bits per heavy atom. The van der Waals surface area contributed by atoms with Crippen LogP contribution in [-0.4, -0.2) is 31.2 Å². The smallest absolute Gasteiger partial charge is 0.0572 e. The van der Waals surface area contributed by atoms with Gasteiger partial charge in [0.1, 0.15) is 0 Å². The van der Waals surface area contributed by atoms with E-state index < -0.39 is 0 Å². The number of ether oxygens (including phenoxy) is 1. The molecule has 0 aromatic carbocycles. The van der Waals surface area contributed by atoms with E-state index >= 15 is 0 Å². The Labute approximate surface area is 87.9 Å². The third kappa shape index (κ3) is 3.33. The molecule has 0 bridgehead atoms. The number of allylic oxidation sites excluding steroid dienone is 1. The first-order valence-corrected chi connectivity index (χ1v) is 5.53. The van der Waals surface area contributed by atoms with E-state index in [1.165, 1.54) is 31.3 Å². The highest BCUT2D eigenvalue weighted by atomic mass is 16.5. The van der Waals surface area contributed by atoms with Crippen molar-refractivity contribution in [2.45, 2.75) is 51.7 Å². The minimum atomic E-state index is 0.506. The molecule has 1 saturated carbocycles. The molecule has 0 heterocycles. The van der Waals surface area contributed by atoms with Crippen LogP contribution >= 0.6 is 0 Å². The van der Waals surface area contributed by atoms with E-state index in [9.17, 15) is 0 Å². The van der Waals surface area contributed by atoms with Crippen molar-refractivity contribution in [2.75, 3.05) is 14.2 Å². The third-order valence-corrected chi connectivity index (χ3v) is 3.01. The van der Waals surface area contributed by atoms with Crippen LogP contribution in [0.2, 0.25) is 0 Å². The SMILES string of the molecule is CO[C@H]1CC[C@@H](N(C)C=C(C)C)CC1. The van der Waals surface area contributed by atoms with Gasteiger partial charge in [-0.25, -0.2) is 0 Å². The van der Waals surface area contributed by atoms with E-state index in [-0.39, 0.29) is 0 Å². The summed E-state index contributed by atoms with van der Waals surface area (Å²) in [6.07, 6.45) is 7.70. The quantitative estimate of drug-likeness (QED) is 0.690. The fourth-order valence-corrected chi connectivity index (χ4v) is 2.20. The van der Waals surface area contributed by atoms with Crippen LogP contribution in [0.3, 0.4) is 0 Å². The lowest BCUT2D eigenvalue weighted by molar-refractivity contribution is 0.0514. The zero-order valence-electron chi connectivity index (χ0n) is 9.92. The monoisotopic (exact) mass is 197 g/mol. The summed E-state index contributed by atoms with van der Waals surface area (Å²) in [4.78, 5) is 2.36. The van der Waals surface area contributed by atoms with E-state index in [0.29, 0.717) is 6.10 Å². The molecule has 1 rings (SSSR count). The fourth-order valence-electron chi connectivity index (χ4n) is 2.20. The minimum absolute atomic E-state index is 0.506. The molecule has 1 fully saturated rings. The van der Waals surface area contributed by atoms with Crippen LogP contribution in [0.4, 0.5) is 0 Å². The predicted octanol–water partition coefficient (Wildman–Crippen LogP) is 2.80. The van der Waals surface area contributed by atoms with Gasteiger partial charge in [0.15, 0.2) is 0 Å². The van der Waals surface area contributed by atoms with Crippen molar-refractivity contribution in [1.82, 2.24) is 4.90 Å². The molecule has 0 radical (unpaired) electrons. The molecule has 14 heavy (non-hydrogen) atoms. The lowest BCUT2D eigenvalue weighted by Gasteiger charge is -2.33. The number of nitrogens with zero attached hydrogens (tertiary/aromatic N) is 1. The molecular weight excluding hydrogens is 174 g/mol. The van der Waals surface area contributed by atoms with Gasteiger partial charge in [-0.2, -0.15) is 0 Å². The molecule has 2 nitrogen and oxygen atoms in total. The standard InChI is InChI=1S/C12H23NO/c1-10(2)9-13(3)11-5-7-12(14-4)8-6-11/h9,11-12H,5-8H2,1-4H3/t11-,12+. The fraction of sp³-hybridized carbons (Fsp3) is 0.833. The summed E-state index contributed by atoms with van der Waals surface area (Å²) in [6.45, 7) is 4.30. The van der Waals surface area contributed by atoms with Crippen molar-refractivity contribution < 1.29 is 4.74 Å². The molecule has 0 aliphatic heterocycles. The second-order valence-electron chi connectivity index (χ2n) is 4.54. The van der Waals surface area contributed by atoms with Crippen LogP contribution in [0, 0.1) is 0 Å². The minimum Gasteiger partial charge on any atom is -0.381 e. The largest absolute Gasteiger partial charge is 0.381 e. The van der Waals surface area contributed by atoms with Gasteiger partial charge < -0.3 is 9.64 Å². The van der Waals surface area contributed by atoms with Crippen LogP contribution in [0.15, 0.2) is 11.8 Å². The van der Waals surface area contributed by atoms with Gasteiger partial charge in [-0.1, -0.05) is 5.57 Å². The van der Waals surface area contributed by atoms with E-state index in [1.807, 2.05) is 7.11 Å². The summed E-state index contributed by atoms with van der Waals surface area (Å²) in [5, 5.41) is 0. The number of methoxy groups -OCH3 is 1. The summed E-state index contributed by atoms with van der Waals surface area (Å²) >= 11 is 0. The maximum atomic E-state index is 5.37. The molecule has 0 atom stereocenters. The predicted molar refractivity (Wildman–Crippen MR) is 60.2 cm³/mol. The van der Waals surface area contributed by atoms with Crippen LogP contribution in [0.1, 0.15) is 39.5 Å². The van der Waals surface area contributed by atoms with Crippen molar-refractivity contribution in [2.24, 2.45) is 0 Å². The molecule has 0 aromatic rings. The third-order valence-electron chi connectivity index (χ3n) is 3.01. The van der Waals surface area contributed by atoms with E-state index in [4.69, 9.17) is 4.74 Å². The Bertz CT molecular complexity index is 188. The summed E-state index contributed by atoms with van der Waals surface area (Å²) in [6, 6.07) is 0.719. The van der Waals surface area contributed by atoms with Crippen molar-refractivity contribution in [3.05, 3.63) is 11.8 Å². The van der Waals surface area contributed by atoms with Crippen molar-refractivity contribution in [1.29, 1.82) is 0 Å². The van der Waals surface area contributed by atoms with Gasteiger partial charge in [0.25, 0.3) is 0 Å². The average Bonchev–Trinajstić information content (AvgIpc) is 2.17. The zero-order chi connectivity index (χ0) is 10.6. The van der Waals surface area contributed by atoms with E-state index in [0.717, 1.165) is 6.04 Å². The second-order valence-corrected chi connectivity index (χ2v) is 4.54. The van der Waals surface area contributed by atoms with Crippen molar-refractivity contribution in [3.8, 4) is 0 Å². The van der Waals surface area contributed by atoms with Gasteiger partial charge in [-0.3, -0.25) is 0 Å². The Morgan fingerprint density at radius 1 is 1.21 bits per heavy atom. The molecule has 1 aliphatic rings. The summed E-state index contributed by atoms with van der Waals surface area (Å²) in [5.74, 6) is 0. The average molecular weight is 197 g/mol. The molecular formula is C12H23NO. The lowest BCUT2D eigenvalue weighted by atomic mass is 9.92. The first kappa shape index (κ1) is 11.6. The normalized spacial score (nSPS) is 27.1. The topological polar surface area (TPSA) is 12.5 Å². The van der Waals surface area contributed by atoms with E-state index in [2.05, 4.69) is 32.0 Å². The molecule has 2 heteroatoms. The molecule has 0 N–H and O–H groups in total. The molecule has 0 aromatic heterocycles. The zero-order valence-corrected chi connectivity index (χ0v) is 9.92. The molecule has 0 unspecified atom stereocenters. The number of rotatable bonds is 3. The highest BCUT2D eigenvalue weighted by Crippen LogP contribution is 2.24. The molecule has 0 spiro atoms. The molecule has 0 saturated heterocycles. The van der Waals surface area contributed by atoms with Crippen molar-refractivity contribution in [3.63, 3.8) is 0 Å². The highest BCUT2D eigenvalue weighted by molar-refractivity contribution is 4.94. The molecule has 0 amide bonds. The Kier molecular flexibility index (Phi) is 4.46. The Balaban J connectivity index is 2.37. The van der Waals surface area contributed by atoms with E-state index in [1.54, 1.807) is 0 Å². The van der Waals surface area contributed by atoms with Crippen LogP contribution in [0.25, 0.3) is 0 Å². The van der Waals surface area contributed by atoms with Crippen molar-refractivity contribution >= 4 is 0 Å². The summed E-state index contributed by atoms with van der Waals surface area (Å²) in [5.41, 5.74) is 1.38. The lowest BCUT2D eigenvalue weighted by Crippen LogP contribution is -2.33. The number of hydrogen-bond acceptors (Lipinski definition) is 2.